The van der Waals surface area contributed by atoms with Gasteiger partial charge in [-0.3, -0.25) is 0 Å². The van der Waals surface area contributed by atoms with Crippen LogP contribution in [0, 0.1) is 0 Å². The molecule has 1 aromatic rings. The van der Waals surface area contributed by atoms with Gasteiger partial charge in [0.2, 0.25) is 0 Å². The van der Waals surface area contributed by atoms with Crippen molar-refractivity contribution in [3.8, 4) is 0 Å². The molecule has 0 saturated carbocycles. The molecular weight excluding hydrogens is 102 g/mol. The van der Waals surface area contributed by atoms with E-state index < -0.39 is 0 Å². The van der Waals surface area contributed by atoms with E-state index >= 15 is 0 Å². The van der Waals surface area contributed by atoms with Gasteiger partial charge in [-0.05, 0) is 6.92 Å². The molecule has 0 saturated heterocycles. The van der Waals surface area contributed by atoms with E-state index in [-0.39, 0.29) is 6.04 Å². The van der Waals surface area contributed by atoms with Crippen LogP contribution in [0.1, 0.15) is 18.8 Å². The van der Waals surface area contributed by atoms with Crippen molar-refractivity contribution in [3.63, 3.8) is 0 Å². The summed E-state index contributed by atoms with van der Waals surface area (Å²) >= 11 is 0. The molecule has 2 N–H and O–H groups in total. The lowest BCUT2D eigenvalue weighted by molar-refractivity contribution is 0.731. The summed E-state index contributed by atoms with van der Waals surface area (Å²) in [5.74, 6) is 0.727. The minimum atomic E-state index is -0.231. The van der Waals surface area contributed by atoms with Crippen molar-refractivity contribution in [1.29, 1.82) is 0 Å². The minimum absolute atomic E-state index is 0.231. The molecule has 3 heteroatoms. The van der Waals surface area contributed by atoms with Crippen LogP contribution in [0.5, 0.6) is 0 Å². The first kappa shape index (κ1) is 5.31. The Kier molecular flexibility index (Phi) is 1.30. The van der Waals surface area contributed by atoms with Crippen molar-refractivity contribution >= 4 is 0 Å². The maximum absolute atomic E-state index is 7.14. The van der Waals surface area contributed by atoms with Gasteiger partial charge in [0, 0.05) is 12.4 Å². The summed E-state index contributed by atoms with van der Waals surface area (Å²) in [5.41, 5.74) is 7.14. The van der Waals surface area contributed by atoms with Gasteiger partial charge in [-0.25, -0.2) is 10.7 Å². The number of imidazole rings is 1. The third kappa shape index (κ3) is 0.869. The van der Waals surface area contributed by atoms with E-state index in [0.29, 0.717) is 0 Å². The van der Waals surface area contributed by atoms with E-state index in [1.54, 1.807) is 19.3 Å². The number of aromatic amines is 1. The van der Waals surface area contributed by atoms with E-state index in [4.69, 9.17) is 5.73 Å². The molecule has 1 radical (unpaired) electrons. The fourth-order valence-corrected chi connectivity index (χ4v) is 0.514. The fourth-order valence-electron chi connectivity index (χ4n) is 0.514. The highest BCUT2D eigenvalue weighted by atomic mass is 14.9. The highest BCUT2D eigenvalue weighted by molar-refractivity contribution is 4.91. The zero-order valence-electron chi connectivity index (χ0n) is 4.68. The van der Waals surface area contributed by atoms with Crippen LogP contribution in [-0.2, 0) is 0 Å². The van der Waals surface area contributed by atoms with Crippen LogP contribution in [0.3, 0.4) is 0 Å². The molecule has 1 atom stereocenters. The van der Waals surface area contributed by atoms with Crippen LogP contribution < -0.4 is 5.73 Å². The van der Waals surface area contributed by atoms with Gasteiger partial charge in [0.15, 0.2) is 0 Å². The molecule has 43 valence electrons. The summed E-state index contributed by atoms with van der Waals surface area (Å²) in [6.45, 7) is 1.78. The van der Waals surface area contributed by atoms with Crippen molar-refractivity contribution in [2.24, 2.45) is 0 Å². The number of aromatic nitrogens is 2. The largest absolute Gasteiger partial charge is 0.347 e. The highest BCUT2D eigenvalue weighted by Crippen LogP contribution is 2.00. The van der Waals surface area contributed by atoms with E-state index in [1.807, 2.05) is 0 Å². The summed E-state index contributed by atoms with van der Waals surface area (Å²) in [4.78, 5) is 6.71. The second kappa shape index (κ2) is 1.96. The predicted molar refractivity (Wildman–Crippen MR) is 30.1 cm³/mol. The maximum Gasteiger partial charge on any atom is 0.124 e. The lowest BCUT2D eigenvalue weighted by atomic mass is 10.3. The van der Waals surface area contributed by atoms with Crippen molar-refractivity contribution in [2.75, 3.05) is 0 Å². The van der Waals surface area contributed by atoms with Gasteiger partial charge in [0.25, 0.3) is 0 Å². The first-order chi connectivity index (χ1) is 3.80. The van der Waals surface area contributed by atoms with Crippen molar-refractivity contribution < 1.29 is 0 Å². The number of hydrogen-bond donors (Lipinski definition) is 1. The molecule has 1 unspecified atom stereocenters. The van der Waals surface area contributed by atoms with Gasteiger partial charge in [-0.2, -0.15) is 0 Å². The molecule has 0 aromatic carbocycles. The normalized spacial score (nSPS) is 13.8. The van der Waals surface area contributed by atoms with Crippen molar-refractivity contribution in [1.82, 2.24) is 15.7 Å². The average Bonchev–Trinajstić information content (AvgIpc) is 2.12. The van der Waals surface area contributed by atoms with Gasteiger partial charge in [0.1, 0.15) is 5.82 Å². The first-order valence-electron chi connectivity index (χ1n) is 2.51. The molecular formula is C5H8N3. The van der Waals surface area contributed by atoms with Crippen molar-refractivity contribution in [3.05, 3.63) is 18.2 Å². The summed E-state index contributed by atoms with van der Waals surface area (Å²) in [5, 5.41) is 0. The van der Waals surface area contributed by atoms with Gasteiger partial charge in [0.05, 0.1) is 6.04 Å². The maximum atomic E-state index is 7.14. The van der Waals surface area contributed by atoms with E-state index in [0.717, 1.165) is 5.82 Å². The number of rotatable bonds is 1. The van der Waals surface area contributed by atoms with Crippen LogP contribution >= 0.6 is 0 Å². The first-order valence-corrected chi connectivity index (χ1v) is 2.51. The molecule has 0 amide bonds. The van der Waals surface area contributed by atoms with E-state index in [2.05, 4.69) is 9.97 Å². The Labute approximate surface area is 47.9 Å². The molecule has 1 aromatic heterocycles. The second-order valence-electron chi connectivity index (χ2n) is 1.70. The molecule has 0 spiro atoms. The Balaban J connectivity index is 2.77. The predicted octanol–water partition coefficient (Wildman–Crippen LogP) is 0.754. The van der Waals surface area contributed by atoms with Gasteiger partial charge >= 0.3 is 0 Å². The third-order valence-electron chi connectivity index (χ3n) is 0.930. The molecule has 3 nitrogen and oxygen atoms in total. The third-order valence-corrected chi connectivity index (χ3v) is 0.930. The minimum Gasteiger partial charge on any atom is -0.347 e. The van der Waals surface area contributed by atoms with Crippen LogP contribution in [-0.4, -0.2) is 9.97 Å². The number of nitrogens with one attached hydrogen (secondary N) is 2. The van der Waals surface area contributed by atoms with Crippen LogP contribution in [0.2, 0.25) is 0 Å². The molecule has 0 aliphatic rings. The summed E-state index contributed by atoms with van der Waals surface area (Å²) in [7, 11) is 0. The zero-order chi connectivity index (χ0) is 5.98. The number of hydrogen-bond acceptors (Lipinski definition) is 1. The Morgan fingerprint density at radius 2 is 2.62 bits per heavy atom. The Morgan fingerprint density at radius 1 is 1.88 bits per heavy atom. The fraction of sp³-hybridized carbons (Fsp3) is 0.400. The number of H-pyrrole nitrogens is 1. The monoisotopic (exact) mass is 110 g/mol. The quantitative estimate of drug-likeness (QED) is 0.570. The van der Waals surface area contributed by atoms with Gasteiger partial charge < -0.3 is 4.98 Å². The lowest BCUT2D eigenvalue weighted by Gasteiger charge is -1.94. The summed E-state index contributed by atoms with van der Waals surface area (Å²) < 4.78 is 0. The topological polar surface area (TPSA) is 52.5 Å². The van der Waals surface area contributed by atoms with E-state index in [9.17, 15) is 0 Å². The van der Waals surface area contributed by atoms with Crippen LogP contribution in [0.25, 0.3) is 0 Å². The lowest BCUT2D eigenvalue weighted by Crippen LogP contribution is -1.94. The molecule has 1 rings (SSSR count). The SMILES string of the molecule is CC([NH])c1ncc[nH]1. The molecule has 1 heterocycles. The van der Waals surface area contributed by atoms with Crippen molar-refractivity contribution in [2.45, 2.75) is 13.0 Å². The average molecular weight is 110 g/mol. The summed E-state index contributed by atoms with van der Waals surface area (Å²) in [6.07, 6.45) is 3.38. The van der Waals surface area contributed by atoms with Crippen LogP contribution in [0.4, 0.5) is 0 Å². The molecule has 0 aliphatic heterocycles. The smallest absolute Gasteiger partial charge is 0.124 e. The van der Waals surface area contributed by atoms with Gasteiger partial charge in [-0.15, -0.1) is 0 Å². The molecule has 0 aliphatic carbocycles. The molecule has 8 heavy (non-hydrogen) atoms. The second-order valence-corrected chi connectivity index (χ2v) is 1.70. The Hall–Kier alpha value is -0.830. The standard InChI is InChI=1S/C5H8N3/c1-4(6)5-7-2-3-8-5/h2-4,6H,1H3,(H,7,8). The van der Waals surface area contributed by atoms with E-state index in [1.165, 1.54) is 0 Å². The number of nitrogens with zero attached hydrogens (tertiary/aromatic N) is 1. The highest BCUT2D eigenvalue weighted by Gasteiger charge is 1.98. The Morgan fingerprint density at radius 3 is 2.88 bits per heavy atom. The molecule has 0 fully saturated rings. The Bertz CT molecular complexity index is 143. The summed E-state index contributed by atoms with van der Waals surface area (Å²) in [6, 6.07) is -0.231. The molecule has 0 bridgehead atoms. The van der Waals surface area contributed by atoms with Gasteiger partial charge in [-0.1, -0.05) is 0 Å². The van der Waals surface area contributed by atoms with Crippen LogP contribution in [0.15, 0.2) is 12.4 Å². The zero-order valence-corrected chi connectivity index (χ0v) is 4.68.